The zero-order valence-corrected chi connectivity index (χ0v) is 13.8. The predicted molar refractivity (Wildman–Crippen MR) is 87.9 cm³/mol. The third kappa shape index (κ3) is 4.02. The molecule has 0 aliphatic carbocycles. The van der Waals surface area contributed by atoms with Gasteiger partial charge in [0, 0.05) is 29.7 Å². The van der Waals surface area contributed by atoms with Gasteiger partial charge in [-0.15, -0.1) is 0 Å². The molecule has 0 radical (unpaired) electrons. The summed E-state index contributed by atoms with van der Waals surface area (Å²) in [5.74, 6) is -0.221. The van der Waals surface area contributed by atoms with Gasteiger partial charge in [-0.05, 0) is 32.0 Å². The second-order valence-corrected chi connectivity index (χ2v) is 6.33. The maximum absolute atomic E-state index is 13.4. The topological polar surface area (TPSA) is 28.2 Å². The summed E-state index contributed by atoms with van der Waals surface area (Å²) in [4.78, 5) is 7.92. The van der Waals surface area contributed by atoms with Crippen molar-refractivity contribution in [1.29, 1.82) is 0 Å². The number of aryl methyl sites for hydroxylation is 1. The fourth-order valence-corrected chi connectivity index (χ4v) is 3.16. The summed E-state index contributed by atoms with van der Waals surface area (Å²) in [6.07, 6.45) is 0. The molecule has 5 heteroatoms. The second-order valence-electron chi connectivity index (χ2n) is 5.26. The van der Waals surface area contributed by atoms with E-state index < -0.39 is 0 Å². The van der Waals surface area contributed by atoms with Crippen molar-refractivity contribution >= 4 is 22.2 Å². The van der Waals surface area contributed by atoms with Gasteiger partial charge in [0.2, 0.25) is 0 Å². The van der Waals surface area contributed by atoms with E-state index in [1.54, 1.807) is 23.5 Å². The molecule has 0 bridgehead atoms. The smallest absolute Gasteiger partial charge is 0.190 e. The average Bonchev–Trinajstić information content (AvgIpc) is 2.78. The molecule has 2 aromatic rings. The maximum Gasteiger partial charge on any atom is 0.190 e. The molecule has 0 aliphatic heterocycles. The van der Waals surface area contributed by atoms with Crippen molar-refractivity contribution in [2.45, 2.75) is 40.3 Å². The lowest BCUT2D eigenvalue weighted by Crippen LogP contribution is -2.21. The number of anilines is 2. The highest BCUT2D eigenvalue weighted by Crippen LogP contribution is 2.31. The monoisotopic (exact) mass is 307 g/mol. The van der Waals surface area contributed by atoms with Crippen LogP contribution in [0.3, 0.4) is 0 Å². The van der Waals surface area contributed by atoms with Crippen molar-refractivity contribution < 1.29 is 4.39 Å². The minimum Gasteiger partial charge on any atom is -0.318 e. The number of nitrogens with zero attached hydrogens (tertiary/aromatic N) is 2. The molecule has 0 spiro atoms. The maximum atomic E-state index is 13.4. The van der Waals surface area contributed by atoms with Crippen LogP contribution in [0.5, 0.6) is 0 Å². The third-order valence-corrected chi connectivity index (χ3v) is 4.40. The van der Waals surface area contributed by atoms with E-state index in [1.165, 1.54) is 10.9 Å². The van der Waals surface area contributed by atoms with E-state index in [-0.39, 0.29) is 5.82 Å². The summed E-state index contributed by atoms with van der Waals surface area (Å²) in [7, 11) is 0. The highest BCUT2D eigenvalue weighted by molar-refractivity contribution is 7.15. The molecule has 2 rings (SSSR count). The van der Waals surface area contributed by atoms with Gasteiger partial charge in [-0.2, -0.15) is 0 Å². The number of nitrogens with one attached hydrogen (secondary N) is 1. The molecule has 0 amide bonds. The molecule has 21 heavy (non-hydrogen) atoms. The first kappa shape index (κ1) is 15.9. The van der Waals surface area contributed by atoms with Crippen LogP contribution in [0.2, 0.25) is 0 Å². The van der Waals surface area contributed by atoms with Crippen molar-refractivity contribution in [3.05, 3.63) is 40.7 Å². The molecule has 0 saturated heterocycles. The quantitative estimate of drug-likeness (QED) is 0.865. The zero-order chi connectivity index (χ0) is 15.4. The summed E-state index contributed by atoms with van der Waals surface area (Å²) in [5.41, 5.74) is 1.88. The van der Waals surface area contributed by atoms with Crippen LogP contribution in [-0.2, 0) is 6.54 Å². The molecule has 1 N–H and O–H groups in total. The highest BCUT2D eigenvalue weighted by Gasteiger charge is 2.15. The number of rotatable bonds is 6. The molecule has 114 valence electrons. The normalized spacial score (nSPS) is 11.1. The van der Waals surface area contributed by atoms with E-state index in [4.69, 9.17) is 0 Å². The predicted octanol–water partition coefficient (Wildman–Crippen LogP) is 4.25. The van der Waals surface area contributed by atoms with Crippen LogP contribution in [0.15, 0.2) is 24.3 Å². The molecule has 0 saturated carbocycles. The Morgan fingerprint density at radius 2 is 2.14 bits per heavy atom. The van der Waals surface area contributed by atoms with E-state index in [0.717, 1.165) is 29.6 Å². The number of hydrogen-bond acceptors (Lipinski definition) is 4. The first-order valence-corrected chi connectivity index (χ1v) is 8.05. The molecule has 1 aromatic carbocycles. The Morgan fingerprint density at radius 3 is 2.76 bits per heavy atom. The Balaban J connectivity index is 2.25. The molecule has 3 nitrogen and oxygen atoms in total. The van der Waals surface area contributed by atoms with Gasteiger partial charge in [-0.1, -0.05) is 31.3 Å². The van der Waals surface area contributed by atoms with Crippen molar-refractivity contribution in [3.8, 4) is 0 Å². The lowest BCUT2D eigenvalue weighted by Gasteiger charge is -2.19. The van der Waals surface area contributed by atoms with Crippen molar-refractivity contribution in [2.75, 3.05) is 11.4 Å². The van der Waals surface area contributed by atoms with Gasteiger partial charge in [0.25, 0.3) is 0 Å². The Kier molecular flexibility index (Phi) is 5.31. The first-order chi connectivity index (χ1) is 10.0. The molecular formula is C16H22FN3S. The van der Waals surface area contributed by atoms with Gasteiger partial charge in [0.05, 0.1) is 5.69 Å². The Labute approximate surface area is 129 Å². The van der Waals surface area contributed by atoms with Crippen molar-refractivity contribution in [2.24, 2.45) is 0 Å². The van der Waals surface area contributed by atoms with Gasteiger partial charge in [-0.3, -0.25) is 0 Å². The van der Waals surface area contributed by atoms with Gasteiger partial charge < -0.3 is 10.2 Å². The van der Waals surface area contributed by atoms with Crippen LogP contribution in [0.4, 0.5) is 15.2 Å². The standard InChI is InChI=1S/C16H22FN3S/c1-5-20(14-8-6-7-13(17)9-14)16-19-12(4)15(21-16)10-18-11(2)3/h6-9,11,18H,5,10H2,1-4H3. The first-order valence-electron chi connectivity index (χ1n) is 7.24. The Hall–Kier alpha value is -1.46. The van der Waals surface area contributed by atoms with E-state index >= 15 is 0 Å². The fourth-order valence-electron chi connectivity index (χ4n) is 2.06. The van der Waals surface area contributed by atoms with Gasteiger partial charge in [0.15, 0.2) is 5.13 Å². The minimum absolute atomic E-state index is 0.221. The Bertz CT molecular complexity index is 595. The second kappa shape index (κ2) is 7.00. The van der Waals surface area contributed by atoms with Gasteiger partial charge >= 0.3 is 0 Å². The summed E-state index contributed by atoms with van der Waals surface area (Å²) in [6.45, 7) is 9.91. The number of hydrogen-bond donors (Lipinski definition) is 1. The molecule has 0 aliphatic rings. The van der Waals surface area contributed by atoms with Crippen molar-refractivity contribution in [1.82, 2.24) is 10.3 Å². The zero-order valence-electron chi connectivity index (χ0n) is 13.0. The molecular weight excluding hydrogens is 285 g/mol. The van der Waals surface area contributed by atoms with Crippen LogP contribution in [0.1, 0.15) is 31.3 Å². The fraction of sp³-hybridized carbons (Fsp3) is 0.438. The van der Waals surface area contributed by atoms with Crippen LogP contribution in [0, 0.1) is 12.7 Å². The van der Waals surface area contributed by atoms with E-state index in [9.17, 15) is 4.39 Å². The van der Waals surface area contributed by atoms with E-state index in [2.05, 4.69) is 24.1 Å². The van der Waals surface area contributed by atoms with Gasteiger partial charge in [-0.25, -0.2) is 9.37 Å². The minimum atomic E-state index is -0.221. The molecule has 0 atom stereocenters. The lowest BCUT2D eigenvalue weighted by molar-refractivity contribution is 0.591. The molecule has 1 aromatic heterocycles. The average molecular weight is 307 g/mol. The number of thiazole rings is 1. The largest absolute Gasteiger partial charge is 0.318 e. The summed E-state index contributed by atoms with van der Waals surface area (Å²) in [6, 6.07) is 7.10. The molecule has 1 heterocycles. The summed E-state index contributed by atoms with van der Waals surface area (Å²) < 4.78 is 13.4. The van der Waals surface area contributed by atoms with Crippen LogP contribution >= 0.6 is 11.3 Å². The van der Waals surface area contributed by atoms with E-state index in [0.29, 0.717) is 6.04 Å². The lowest BCUT2D eigenvalue weighted by atomic mass is 10.3. The van der Waals surface area contributed by atoms with E-state index in [1.807, 2.05) is 24.8 Å². The Morgan fingerprint density at radius 1 is 1.38 bits per heavy atom. The number of benzene rings is 1. The number of halogens is 1. The highest BCUT2D eigenvalue weighted by atomic mass is 32.1. The summed E-state index contributed by atoms with van der Waals surface area (Å²) >= 11 is 1.66. The van der Waals surface area contributed by atoms with Crippen LogP contribution < -0.4 is 10.2 Å². The van der Waals surface area contributed by atoms with Gasteiger partial charge in [0.1, 0.15) is 5.82 Å². The number of aromatic nitrogens is 1. The molecule has 0 unspecified atom stereocenters. The van der Waals surface area contributed by atoms with Crippen molar-refractivity contribution in [3.63, 3.8) is 0 Å². The SMILES string of the molecule is CCN(c1cccc(F)c1)c1nc(C)c(CNC(C)C)s1. The van der Waals surface area contributed by atoms with Crippen LogP contribution in [-0.4, -0.2) is 17.6 Å². The molecule has 0 fully saturated rings. The third-order valence-electron chi connectivity index (χ3n) is 3.22. The van der Waals surface area contributed by atoms with Crippen LogP contribution in [0.25, 0.3) is 0 Å². The summed E-state index contributed by atoms with van der Waals surface area (Å²) in [5, 5.41) is 4.33.